The highest BCUT2D eigenvalue weighted by molar-refractivity contribution is 7.22. The molecule has 25 heavy (non-hydrogen) atoms. The van der Waals surface area contributed by atoms with Gasteiger partial charge in [-0.2, -0.15) is 0 Å². The number of nitrogens with zero attached hydrogens (tertiary/aromatic N) is 2. The SMILES string of the molecule is O=C(Nc1nc2ccc([N+](=O)[O-])cc2s1)c1cc(F)c(F)c(F)c1F. The first-order chi connectivity index (χ1) is 11.8. The van der Waals surface area contributed by atoms with Crippen LogP contribution in [0.5, 0.6) is 0 Å². The zero-order valence-corrected chi connectivity index (χ0v) is 12.7. The van der Waals surface area contributed by atoms with E-state index >= 15 is 0 Å². The molecule has 3 rings (SSSR count). The van der Waals surface area contributed by atoms with Crippen molar-refractivity contribution >= 4 is 38.3 Å². The third kappa shape index (κ3) is 3.01. The number of nitrogens with one attached hydrogen (secondary N) is 1. The number of benzene rings is 2. The van der Waals surface area contributed by atoms with E-state index < -0.39 is 39.7 Å². The molecule has 0 aliphatic carbocycles. The Morgan fingerprint density at radius 3 is 2.52 bits per heavy atom. The third-order valence-electron chi connectivity index (χ3n) is 3.15. The second kappa shape index (κ2) is 6.09. The molecule has 0 aliphatic rings. The number of nitro benzene ring substituents is 1. The van der Waals surface area contributed by atoms with E-state index in [4.69, 9.17) is 0 Å². The number of amides is 1. The van der Waals surface area contributed by atoms with E-state index in [2.05, 4.69) is 10.3 Å². The molecule has 0 saturated carbocycles. The van der Waals surface area contributed by atoms with Crippen LogP contribution >= 0.6 is 11.3 Å². The standard InChI is InChI=1S/C14H5F4N3O3S/c15-7-4-6(10(16)12(18)11(7)17)13(22)20-14-19-8-2-1-5(21(23)24)3-9(8)25-14/h1-4H,(H,19,20,22). The number of rotatable bonds is 3. The lowest BCUT2D eigenvalue weighted by Crippen LogP contribution is -2.16. The molecule has 6 nitrogen and oxygen atoms in total. The van der Waals surface area contributed by atoms with Crippen molar-refractivity contribution in [3.8, 4) is 0 Å². The van der Waals surface area contributed by atoms with Crippen molar-refractivity contribution < 1.29 is 27.3 Å². The predicted octanol–water partition coefficient (Wildman–Crippen LogP) is 4.01. The van der Waals surface area contributed by atoms with E-state index in [0.717, 1.165) is 11.3 Å². The lowest BCUT2D eigenvalue weighted by Gasteiger charge is -2.05. The summed E-state index contributed by atoms with van der Waals surface area (Å²) in [5, 5.41) is 12.8. The molecular formula is C14H5F4N3O3S. The molecule has 1 N–H and O–H groups in total. The minimum atomic E-state index is -2.11. The Hall–Kier alpha value is -3.08. The number of nitro groups is 1. The molecule has 1 amide bonds. The Kier molecular flexibility index (Phi) is 4.08. The first kappa shape index (κ1) is 16.8. The monoisotopic (exact) mass is 371 g/mol. The minimum absolute atomic E-state index is 0.0787. The molecule has 0 bridgehead atoms. The number of aromatic nitrogens is 1. The highest BCUT2D eigenvalue weighted by Gasteiger charge is 2.23. The first-order valence-corrected chi connectivity index (χ1v) is 7.29. The molecule has 128 valence electrons. The summed E-state index contributed by atoms with van der Waals surface area (Å²) in [6.45, 7) is 0. The second-order valence-corrected chi connectivity index (χ2v) is 5.76. The van der Waals surface area contributed by atoms with Crippen molar-refractivity contribution in [2.24, 2.45) is 0 Å². The van der Waals surface area contributed by atoms with Crippen LogP contribution in [0.15, 0.2) is 24.3 Å². The molecule has 0 fully saturated rings. The lowest BCUT2D eigenvalue weighted by molar-refractivity contribution is -0.384. The summed E-state index contributed by atoms with van der Waals surface area (Å²) >= 11 is 0.838. The van der Waals surface area contributed by atoms with Crippen LogP contribution in [0.4, 0.5) is 28.4 Å². The van der Waals surface area contributed by atoms with Gasteiger partial charge in [-0.05, 0) is 12.1 Å². The molecule has 0 radical (unpaired) electrons. The van der Waals surface area contributed by atoms with E-state index in [-0.39, 0.29) is 16.9 Å². The molecule has 2 aromatic carbocycles. The van der Waals surface area contributed by atoms with Gasteiger partial charge in [-0.1, -0.05) is 11.3 Å². The molecule has 0 atom stereocenters. The van der Waals surface area contributed by atoms with Crippen LogP contribution in [0.3, 0.4) is 0 Å². The van der Waals surface area contributed by atoms with Gasteiger partial charge < -0.3 is 0 Å². The van der Waals surface area contributed by atoms with Crippen molar-refractivity contribution in [1.82, 2.24) is 4.98 Å². The fourth-order valence-corrected chi connectivity index (χ4v) is 2.88. The van der Waals surface area contributed by atoms with Crippen LogP contribution in [0.1, 0.15) is 10.4 Å². The largest absolute Gasteiger partial charge is 0.298 e. The Balaban J connectivity index is 1.93. The summed E-state index contributed by atoms with van der Waals surface area (Å²) in [6, 6.07) is 4.00. The summed E-state index contributed by atoms with van der Waals surface area (Å²) in [4.78, 5) is 26.0. The van der Waals surface area contributed by atoms with Gasteiger partial charge >= 0.3 is 0 Å². The maximum atomic E-state index is 13.6. The zero-order chi connectivity index (χ0) is 18.3. The number of hydrogen-bond donors (Lipinski definition) is 1. The number of anilines is 1. The summed E-state index contributed by atoms with van der Waals surface area (Å²) in [5.41, 5.74) is -0.910. The molecular weight excluding hydrogens is 366 g/mol. The number of carbonyl (C=O) groups excluding carboxylic acids is 1. The van der Waals surface area contributed by atoms with Gasteiger partial charge in [-0.3, -0.25) is 20.2 Å². The van der Waals surface area contributed by atoms with Crippen LogP contribution in [0, 0.1) is 33.4 Å². The van der Waals surface area contributed by atoms with Gasteiger partial charge in [0.2, 0.25) is 0 Å². The van der Waals surface area contributed by atoms with Crippen molar-refractivity contribution in [2.75, 3.05) is 5.32 Å². The predicted molar refractivity (Wildman–Crippen MR) is 80.5 cm³/mol. The van der Waals surface area contributed by atoms with Gasteiger partial charge in [0.25, 0.3) is 11.6 Å². The van der Waals surface area contributed by atoms with Gasteiger partial charge in [-0.15, -0.1) is 0 Å². The Morgan fingerprint density at radius 1 is 1.12 bits per heavy atom. The van der Waals surface area contributed by atoms with Crippen LogP contribution in [-0.2, 0) is 0 Å². The fourth-order valence-electron chi connectivity index (χ4n) is 1.98. The highest BCUT2D eigenvalue weighted by atomic mass is 32.1. The molecule has 1 aromatic heterocycles. The second-order valence-electron chi connectivity index (χ2n) is 4.73. The average molecular weight is 371 g/mol. The average Bonchev–Trinajstić information content (AvgIpc) is 2.97. The lowest BCUT2D eigenvalue weighted by atomic mass is 10.1. The number of carbonyl (C=O) groups is 1. The van der Waals surface area contributed by atoms with E-state index in [1.165, 1.54) is 18.2 Å². The Bertz CT molecular complexity index is 1040. The first-order valence-electron chi connectivity index (χ1n) is 6.47. The number of non-ortho nitro benzene ring substituents is 1. The number of fused-ring (bicyclic) bond motifs is 1. The molecule has 0 unspecified atom stereocenters. The van der Waals surface area contributed by atoms with Crippen molar-refractivity contribution in [2.45, 2.75) is 0 Å². The quantitative estimate of drug-likeness (QED) is 0.248. The maximum absolute atomic E-state index is 13.6. The Morgan fingerprint density at radius 2 is 1.84 bits per heavy atom. The topological polar surface area (TPSA) is 85.1 Å². The summed E-state index contributed by atoms with van der Waals surface area (Å²) in [7, 11) is 0. The number of halogens is 4. The summed E-state index contributed by atoms with van der Waals surface area (Å²) < 4.78 is 53.2. The zero-order valence-electron chi connectivity index (χ0n) is 11.8. The van der Waals surface area contributed by atoms with Gasteiger partial charge in [-0.25, -0.2) is 22.5 Å². The van der Waals surface area contributed by atoms with Crippen molar-refractivity contribution in [1.29, 1.82) is 0 Å². The van der Waals surface area contributed by atoms with E-state index in [1.807, 2.05) is 0 Å². The van der Waals surface area contributed by atoms with Crippen LogP contribution < -0.4 is 5.32 Å². The number of thiazole rings is 1. The molecule has 0 saturated heterocycles. The van der Waals surface area contributed by atoms with E-state index in [1.54, 1.807) is 0 Å². The molecule has 1 heterocycles. The summed E-state index contributed by atoms with van der Waals surface area (Å²) in [5.74, 6) is -8.94. The van der Waals surface area contributed by atoms with Crippen LogP contribution in [0.2, 0.25) is 0 Å². The highest BCUT2D eigenvalue weighted by Crippen LogP contribution is 2.29. The van der Waals surface area contributed by atoms with Gasteiger partial charge in [0.15, 0.2) is 28.4 Å². The fraction of sp³-hybridized carbons (Fsp3) is 0. The van der Waals surface area contributed by atoms with Crippen LogP contribution in [0.25, 0.3) is 10.2 Å². The van der Waals surface area contributed by atoms with Gasteiger partial charge in [0, 0.05) is 12.1 Å². The molecule has 3 aromatic rings. The Labute approximate surface area is 139 Å². The van der Waals surface area contributed by atoms with Crippen LogP contribution in [-0.4, -0.2) is 15.8 Å². The van der Waals surface area contributed by atoms with Crippen molar-refractivity contribution in [3.63, 3.8) is 0 Å². The molecule has 0 spiro atoms. The van der Waals surface area contributed by atoms with Gasteiger partial charge in [0.05, 0.1) is 20.7 Å². The van der Waals surface area contributed by atoms with Crippen molar-refractivity contribution in [3.05, 3.63) is 63.2 Å². The van der Waals surface area contributed by atoms with Gasteiger partial charge in [0.1, 0.15) is 0 Å². The number of hydrogen-bond acceptors (Lipinski definition) is 5. The molecule has 11 heteroatoms. The minimum Gasteiger partial charge on any atom is -0.298 e. The third-order valence-corrected chi connectivity index (χ3v) is 4.08. The molecule has 0 aliphatic heterocycles. The van der Waals surface area contributed by atoms with E-state index in [0.29, 0.717) is 10.2 Å². The normalized spacial score (nSPS) is 10.9. The van der Waals surface area contributed by atoms with E-state index in [9.17, 15) is 32.5 Å². The smallest absolute Gasteiger partial charge is 0.270 e. The maximum Gasteiger partial charge on any atom is 0.270 e. The summed E-state index contributed by atoms with van der Waals surface area (Å²) in [6.07, 6.45) is 0.